The monoisotopic (exact) mass is 329 g/mol. The van der Waals surface area contributed by atoms with Crippen molar-refractivity contribution in [1.82, 2.24) is 4.90 Å². The van der Waals surface area contributed by atoms with Crippen molar-refractivity contribution in [2.45, 2.75) is 25.3 Å². The molecule has 1 aliphatic heterocycles. The number of rotatable bonds is 3. The molecule has 2 atom stereocenters. The van der Waals surface area contributed by atoms with Crippen LogP contribution in [0.2, 0.25) is 0 Å². The third kappa shape index (κ3) is 3.24. The number of piperidine rings is 1. The molecule has 2 aromatic carbocycles. The van der Waals surface area contributed by atoms with Crippen LogP contribution in [0.15, 0.2) is 48.5 Å². The number of ether oxygens (including phenoxy) is 1. The zero-order chi connectivity index (χ0) is 14.9. The largest absolute Gasteiger partial charge is 0.496 e. The minimum Gasteiger partial charge on any atom is -0.496 e. The van der Waals surface area contributed by atoms with E-state index in [1.54, 1.807) is 7.11 Å². The van der Waals surface area contributed by atoms with Crippen molar-refractivity contribution in [1.29, 1.82) is 0 Å². The normalized spacial score (nSPS) is 22.8. The topological polar surface area (TPSA) is 12.5 Å². The number of hydrogen-bond donors (Lipinski definition) is 0. The molecule has 1 aliphatic carbocycles. The molecule has 1 heterocycles. The highest BCUT2D eigenvalue weighted by molar-refractivity contribution is 5.85. The molecule has 1 saturated heterocycles. The number of halogens is 1. The Morgan fingerprint density at radius 1 is 1.04 bits per heavy atom. The molecular formula is C20H24ClNO. The maximum atomic E-state index is 5.59. The molecule has 2 aromatic rings. The number of benzene rings is 2. The number of methoxy groups -OCH3 is 1. The van der Waals surface area contributed by atoms with Gasteiger partial charge < -0.3 is 4.74 Å². The minimum absolute atomic E-state index is 0. The molecule has 2 bridgehead atoms. The lowest BCUT2D eigenvalue weighted by Crippen LogP contribution is -2.42. The maximum absolute atomic E-state index is 5.59. The summed E-state index contributed by atoms with van der Waals surface area (Å²) >= 11 is 0. The van der Waals surface area contributed by atoms with Gasteiger partial charge in [0, 0.05) is 19.6 Å². The highest BCUT2D eigenvalue weighted by Crippen LogP contribution is 2.42. The van der Waals surface area contributed by atoms with Crippen LogP contribution >= 0.6 is 12.4 Å². The Labute approximate surface area is 144 Å². The predicted molar refractivity (Wildman–Crippen MR) is 96.5 cm³/mol. The van der Waals surface area contributed by atoms with E-state index < -0.39 is 0 Å². The van der Waals surface area contributed by atoms with Crippen molar-refractivity contribution >= 4 is 12.4 Å². The average Bonchev–Trinajstić information content (AvgIpc) is 2.55. The standard InChI is InChI=1S/C20H23NO.ClH/c1-22-20-9-5-8-18-17-10-16(11-19(18)20)13-21(14-17)12-15-6-3-2-4-7-15;/h2-9,16-17H,10-14H2,1H3;1H. The van der Waals surface area contributed by atoms with Crippen LogP contribution in [-0.2, 0) is 13.0 Å². The van der Waals surface area contributed by atoms with Crippen LogP contribution in [0.5, 0.6) is 5.75 Å². The van der Waals surface area contributed by atoms with E-state index in [4.69, 9.17) is 4.74 Å². The molecule has 0 N–H and O–H groups in total. The van der Waals surface area contributed by atoms with Gasteiger partial charge in [0.25, 0.3) is 0 Å². The molecule has 23 heavy (non-hydrogen) atoms. The van der Waals surface area contributed by atoms with Gasteiger partial charge in [0.15, 0.2) is 0 Å². The summed E-state index contributed by atoms with van der Waals surface area (Å²) in [5.41, 5.74) is 4.41. The van der Waals surface area contributed by atoms with Crippen molar-refractivity contribution in [3.8, 4) is 5.75 Å². The van der Waals surface area contributed by atoms with Gasteiger partial charge in [0.05, 0.1) is 7.11 Å². The Hall–Kier alpha value is -1.51. The summed E-state index contributed by atoms with van der Waals surface area (Å²) in [6.45, 7) is 3.46. The van der Waals surface area contributed by atoms with Crippen LogP contribution in [0, 0.1) is 5.92 Å². The molecule has 0 amide bonds. The summed E-state index contributed by atoms with van der Waals surface area (Å²) in [6.07, 6.45) is 2.51. The number of hydrogen-bond acceptors (Lipinski definition) is 2. The Morgan fingerprint density at radius 3 is 2.65 bits per heavy atom. The van der Waals surface area contributed by atoms with Crippen LogP contribution in [0.3, 0.4) is 0 Å². The van der Waals surface area contributed by atoms with Crippen molar-refractivity contribution < 1.29 is 4.74 Å². The molecule has 4 rings (SSSR count). The first kappa shape index (κ1) is 16.4. The third-order valence-electron chi connectivity index (χ3n) is 5.18. The van der Waals surface area contributed by atoms with Gasteiger partial charge in [-0.2, -0.15) is 0 Å². The Kier molecular flexibility index (Phi) is 4.93. The maximum Gasteiger partial charge on any atom is 0.122 e. The van der Waals surface area contributed by atoms with Crippen molar-refractivity contribution in [2.75, 3.05) is 20.2 Å². The van der Waals surface area contributed by atoms with Crippen LogP contribution in [0.4, 0.5) is 0 Å². The Morgan fingerprint density at radius 2 is 1.87 bits per heavy atom. The first-order valence-electron chi connectivity index (χ1n) is 8.25. The Bertz CT molecular complexity index is 658. The summed E-state index contributed by atoms with van der Waals surface area (Å²) in [5.74, 6) is 2.52. The first-order chi connectivity index (χ1) is 10.8. The van der Waals surface area contributed by atoms with Gasteiger partial charge in [-0.25, -0.2) is 0 Å². The van der Waals surface area contributed by atoms with E-state index in [-0.39, 0.29) is 12.4 Å². The van der Waals surface area contributed by atoms with Crippen LogP contribution in [0.25, 0.3) is 0 Å². The molecule has 0 radical (unpaired) electrons. The number of likely N-dealkylation sites (tertiary alicyclic amines) is 1. The fourth-order valence-electron chi connectivity index (χ4n) is 4.31. The lowest BCUT2D eigenvalue weighted by Gasteiger charge is -2.42. The molecule has 0 spiro atoms. The smallest absolute Gasteiger partial charge is 0.122 e. The van der Waals surface area contributed by atoms with Gasteiger partial charge in [0.1, 0.15) is 5.75 Å². The summed E-state index contributed by atoms with van der Waals surface area (Å²) in [4.78, 5) is 2.64. The molecule has 3 heteroatoms. The second kappa shape index (κ2) is 6.94. The summed E-state index contributed by atoms with van der Waals surface area (Å²) in [7, 11) is 1.79. The predicted octanol–water partition coefficient (Wildman–Crippen LogP) is 4.28. The van der Waals surface area contributed by atoms with E-state index in [1.807, 2.05) is 0 Å². The fourth-order valence-corrected chi connectivity index (χ4v) is 4.31. The first-order valence-corrected chi connectivity index (χ1v) is 8.25. The zero-order valence-electron chi connectivity index (χ0n) is 13.6. The van der Waals surface area contributed by atoms with E-state index in [2.05, 4.69) is 53.4 Å². The molecule has 1 fully saturated rings. The van der Waals surface area contributed by atoms with Crippen molar-refractivity contribution in [3.63, 3.8) is 0 Å². The second-order valence-electron chi connectivity index (χ2n) is 6.71. The fraction of sp³-hybridized carbons (Fsp3) is 0.400. The van der Waals surface area contributed by atoms with E-state index in [0.717, 1.165) is 18.2 Å². The van der Waals surface area contributed by atoms with Crippen LogP contribution in [-0.4, -0.2) is 25.1 Å². The summed E-state index contributed by atoms with van der Waals surface area (Å²) in [6, 6.07) is 17.4. The number of nitrogens with zero attached hydrogens (tertiary/aromatic N) is 1. The SMILES string of the molecule is COc1cccc2c1CC1CC2CN(Cc2ccccc2)C1.Cl. The highest BCUT2D eigenvalue weighted by Gasteiger charge is 2.35. The van der Waals surface area contributed by atoms with E-state index in [9.17, 15) is 0 Å². The van der Waals surface area contributed by atoms with Gasteiger partial charge in [-0.1, -0.05) is 42.5 Å². The number of fused-ring (bicyclic) bond motifs is 4. The van der Waals surface area contributed by atoms with E-state index >= 15 is 0 Å². The molecular weight excluding hydrogens is 306 g/mol. The average molecular weight is 330 g/mol. The van der Waals surface area contributed by atoms with Crippen LogP contribution in [0.1, 0.15) is 29.0 Å². The van der Waals surface area contributed by atoms with Gasteiger partial charge in [-0.05, 0) is 47.4 Å². The van der Waals surface area contributed by atoms with Crippen LogP contribution < -0.4 is 4.74 Å². The molecule has 2 aliphatic rings. The van der Waals surface area contributed by atoms with Crippen molar-refractivity contribution in [2.24, 2.45) is 5.92 Å². The van der Waals surface area contributed by atoms with Crippen molar-refractivity contribution in [3.05, 3.63) is 65.2 Å². The quantitative estimate of drug-likeness (QED) is 0.833. The minimum atomic E-state index is 0. The second-order valence-corrected chi connectivity index (χ2v) is 6.71. The van der Waals surface area contributed by atoms with E-state index in [1.165, 1.54) is 42.6 Å². The third-order valence-corrected chi connectivity index (χ3v) is 5.18. The summed E-state index contributed by atoms with van der Waals surface area (Å²) < 4.78 is 5.59. The molecule has 0 aromatic heterocycles. The highest BCUT2D eigenvalue weighted by atomic mass is 35.5. The zero-order valence-corrected chi connectivity index (χ0v) is 14.4. The van der Waals surface area contributed by atoms with Gasteiger partial charge in [0.2, 0.25) is 0 Å². The van der Waals surface area contributed by atoms with Gasteiger partial charge >= 0.3 is 0 Å². The van der Waals surface area contributed by atoms with Gasteiger partial charge in [-0.15, -0.1) is 12.4 Å². The van der Waals surface area contributed by atoms with E-state index in [0.29, 0.717) is 5.92 Å². The lowest BCUT2D eigenvalue weighted by atomic mass is 9.73. The molecule has 122 valence electrons. The molecule has 2 nitrogen and oxygen atoms in total. The van der Waals surface area contributed by atoms with Gasteiger partial charge in [-0.3, -0.25) is 4.90 Å². The molecule has 0 saturated carbocycles. The Balaban J connectivity index is 0.00000156. The molecule has 2 unspecified atom stereocenters. The lowest BCUT2D eigenvalue weighted by molar-refractivity contribution is 0.137. The summed E-state index contributed by atoms with van der Waals surface area (Å²) in [5, 5.41) is 0.